The second-order valence-electron chi connectivity index (χ2n) is 3.92. The number of nitrogens with zero attached hydrogens (tertiary/aromatic N) is 2. The highest BCUT2D eigenvalue weighted by Crippen LogP contribution is 2.27. The average Bonchev–Trinajstić information content (AvgIpc) is 2.43. The zero-order valence-corrected chi connectivity index (χ0v) is 12.1. The summed E-state index contributed by atoms with van der Waals surface area (Å²) < 4.78 is 6.17. The van der Waals surface area contributed by atoms with E-state index in [1.165, 1.54) is 6.33 Å². The average molecular weight is 323 g/mol. The van der Waals surface area contributed by atoms with Gasteiger partial charge in [-0.05, 0) is 46.6 Å². The van der Waals surface area contributed by atoms with Gasteiger partial charge in [0.1, 0.15) is 28.2 Å². The van der Waals surface area contributed by atoms with E-state index >= 15 is 0 Å². The molecule has 0 bridgehead atoms. The lowest BCUT2D eigenvalue weighted by Gasteiger charge is -2.09. The summed E-state index contributed by atoms with van der Waals surface area (Å²) in [5, 5.41) is 3.16. The van der Waals surface area contributed by atoms with E-state index < -0.39 is 0 Å². The molecule has 100 valence electrons. The fourth-order valence-electron chi connectivity index (χ4n) is 1.46. The molecule has 6 heteroatoms. The largest absolute Gasteiger partial charge is 0.494 e. The van der Waals surface area contributed by atoms with Gasteiger partial charge >= 0.3 is 0 Å². The Hall–Kier alpha value is -1.82. The fourth-order valence-corrected chi connectivity index (χ4v) is 1.77. The Kier molecular flexibility index (Phi) is 4.57. The lowest BCUT2D eigenvalue weighted by atomic mass is 10.3. The number of aromatic nitrogens is 2. The Morgan fingerprint density at radius 2 is 2.00 bits per heavy atom. The lowest BCUT2D eigenvalue weighted by molar-refractivity contribution is 0.317. The van der Waals surface area contributed by atoms with Crippen LogP contribution in [0.2, 0.25) is 0 Å². The van der Waals surface area contributed by atoms with Gasteiger partial charge in [0.15, 0.2) is 0 Å². The molecule has 0 aliphatic carbocycles. The first-order valence-electron chi connectivity index (χ1n) is 5.96. The molecule has 0 aliphatic rings. The third kappa shape index (κ3) is 3.57. The maximum Gasteiger partial charge on any atom is 0.150 e. The molecule has 0 amide bonds. The number of hydrogen-bond acceptors (Lipinski definition) is 5. The van der Waals surface area contributed by atoms with E-state index in [9.17, 15) is 0 Å². The molecule has 0 aliphatic heterocycles. The van der Waals surface area contributed by atoms with Crippen LogP contribution in [0.4, 0.5) is 17.3 Å². The van der Waals surface area contributed by atoms with Crippen LogP contribution >= 0.6 is 15.9 Å². The van der Waals surface area contributed by atoms with Crippen LogP contribution in [0.5, 0.6) is 5.75 Å². The van der Waals surface area contributed by atoms with Crippen molar-refractivity contribution in [2.75, 3.05) is 17.7 Å². The molecule has 19 heavy (non-hydrogen) atoms. The standard InChI is InChI=1S/C13H15BrN4O/c1-2-7-19-10-5-3-9(4-6-10)18-13-11(14)12(15)16-8-17-13/h3-6,8H,2,7H2,1H3,(H3,15,16,17,18). The molecule has 1 aromatic carbocycles. The van der Waals surface area contributed by atoms with Crippen molar-refractivity contribution in [2.24, 2.45) is 0 Å². The van der Waals surface area contributed by atoms with Gasteiger partial charge in [0.05, 0.1) is 6.61 Å². The highest BCUT2D eigenvalue weighted by atomic mass is 79.9. The lowest BCUT2D eigenvalue weighted by Crippen LogP contribution is -2.00. The minimum atomic E-state index is 0.403. The Bertz CT molecular complexity index is 545. The van der Waals surface area contributed by atoms with Crippen molar-refractivity contribution >= 4 is 33.3 Å². The van der Waals surface area contributed by atoms with Crippen LogP contribution < -0.4 is 15.8 Å². The van der Waals surface area contributed by atoms with E-state index in [4.69, 9.17) is 10.5 Å². The van der Waals surface area contributed by atoms with E-state index in [-0.39, 0.29) is 0 Å². The van der Waals surface area contributed by atoms with Crippen LogP contribution in [0, 0.1) is 0 Å². The van der Waals surface area contributed by atoms with Gasteiger partial charge in [0, 0.05) is 5.69 Å². The van der Waals surface area contributed by atoms with Crippen LogP contribution in [0.1, 0.15) is 13.3 Å². The van der Waals surface area contributed by atoms with Crippen molar-refractivity contribution < 1.29 is 4.74 Å². The first-order chi connectivity index (χ1) is 9.20. The maximum atomic E-state index is 5.70. The van der Waals surface area contributed by atoms with E-state index in [0.29, 0.717) is 16.1 Å². The van der Waals surface area contributed by atoms with Gasteiger partial charge in [-0.1, -0.05) is 6.92 Å². The molecule has 0 radical (unpaired) electrons. The Balaban J connectivity index is 2.09. The molecule has 0 fully saturated rings. The third-order valence-corrected chi connectivity index (χ3v) is 3.19. The third-order valence-electron chi connectivity index (χ3n) is 2.41. The zero-order valence-electron chi connectivity index (χ0n) is 10.6. The van der Waals surface area contributed by atoms with Gasteiger partial charge in [0.25, 0.3) is 0 Å². The van der Waals surface area contributed by atoms with Gasteiger partial charge in [-0.15, -0.1) is 0 Å². The molecule has 0 saturated carbocycles. The monoisotopic (exact) mass is 322 g/mol. The second-order valence-corrected chi connectivity index (χ2v) is 4.71. The van der Waals surface area contributed by atoms with Crippen LogP contribution in [0.25, 0.3) is 0 Å². The molecule has 3 N–H and O–H groups in total. The number of anilines is 3. The number of nitrogens with two attached hydrogens (primary N) is 1. The van der Waals surface area contributed by atoms with Crippen molar-refractivity contribution in [3.63, 3.8) is 0 Å². The summed E-state index contributed by atoms with van der Waals surface area (Å²) in [7, 11) is 0. The van der Waals surface area contributed by atoms with E-state index in [0.717, 1.165) is 24.5 Å². The summed E-state index contributed by atoms with van der Waals surface area (Å²) in [6, 6.07) is 7.68. The fraction of sp³-hybridized carbons (Fsp3) is 0.231. The topological polar surface area (TPSA) is 73.1 Å². The first-order valence-corrected chi connectivity index (χ1v) is 6.76. The van der Waals surface area contributed by atoms with Crippen LogP contribution in [0.3, 0.4) is 0 Å². The van der Waals surface area contributed by atoms with Gasteiger partial charge < -0.3 is 15.8 Å². The molecule has 0 saturated heterocycles. The Morgan fingerprint density at radius 3 is 2.68 bits per heavy atom. The molecule has 1 aromatic heterocycles. The number of halogens is 1. The minimum Gasteiger partial charge on any atom is -0.494 e. The quantitative estimate of drug-likeness (QED) is 0.883. The Labute approximate surface area is 120 Å². The number of ether oxygens (including phenoxy) is 1. The van der Waals surface area contributed by atoms with Crippen molar-refractivity contribution in [1.29, 1.82) is 0 Å². The summed E-state index contributed by atoms with van der Waals surface area (Å²) in [6.07, 6.45) is 2.41. The predicted molar refractivity (Wildman–Crippen MR) is 79.7 cm³/mol. The van der Waals surface area contributed by atoms with Crippen molar-refractivity contribution in [3.8, 4) is 5.75 Å². The van der Waals surface area contributed by atoms with Crippen molar-refractivity contribution in [3.05, 3.63) is 35.1 Å². The molecule has 2 rings (SSSR count). The number of nitrogen functional groups attached to an aromatic ring is 1. The summed E-state index contributed by atoms with van der Waals surface area (Å²) in [5.41, 5.74) is 6.60. The molecular formula is C13H15BrN4O. The molecule has 1 heterocycles. The summed E-state index contributed by atoms with van der Waals surface area (Å²) >= 11 is 3.35. The van der Waals surface area contributed by atoms with Crippen LogP contribution in [0.15, 0.2) is 35.1 Å². The number of rotatable bonds is 5. The van der Waals surface area contributed by atoms with Gasteiger partial charge in [-0.2, -0.15) is 0 Å². The van der Waals surface area contributed by atoms with Crippen LogP contribution in [-0.2, 0) is 0 Å². The molecular weight excluding hydrogens is 308 g/mol. The number of hydrogen-bond donors (Lipinski definition) is 2. The molecule has 5 nitrogen and oxygen atoms in total. The second kappa shape index (κ2) is 6.38. The summed E-state index contributed by atoms with van der Waals surface area (Å²) in [4.78, 5) is 8.01. The summed E-state index contributed by atoms with van der Waals surface area (Å²) in [5.74, 6) is 1.89. The molecule has 0 atom stereocenters. The van der Waals surface area contributed by atoms with Gasteiger partial charge in [-0.3, -0.25) is 0 Å². The SMILES string of the molecule is CCCOc1ccc(Nc2ncnc(N)c2Br)cc1. The van der Waals surface area contributed by atoms with Gasteiger partial charge in [-0.25, -0.2) is 9.97 Å². The smallest absolute Gasteiger partial charge is 0.150 e. The number of benzene rings is 1. The predicted octanol–water partition coefficient (Wildman–Crippen LogP) is 3.35. The van der Waals surface area contributed by atoms with Gasteiger partial charge in [0.2, 0.25) is 0 Å². The van der Waals surface area contributed by atoms with E-state index in [2.05, 4.69) is 38.1 Å². The molecule has 2 aromatic rings. The highest BCUT2D eigenvalue weighted by Gasteiger charge is 2.06. The maximum absolute atomic E-state index is 5.70. The van der Waals surface area contributed by atoms with Crippen LogP contribution in [-0.4, -0.2) is 16.6 Å². The van der Waals surface area contributed by atoms with E-state index in [1.54, 1.807) is 0 Å². The van der Waals surface area contributed by atoms with E-state index in [1.807, 2.05) is 24.3 Å². The molecule has 0 spiro atoms. The number of nitrogens with one attached hydrogen (secondary N) is 1. The zero-order chi connectivity index (χ0) is 13.7. The highest BCUT2D eigenvalue weighted by molar-refractivity contribution is 9.10. The molecule has 0 unspecified atom stereocenters. The Morgan fingerprint density at radius 1 is 1.26 bits per heavy atom. The minimum absolute atomic E-state index is 0.403. The van der Waals surface area contributed by atoms with Crippen molar-refractivity contribution in [2.45, 2.75) is 13.3 Å². The van der Waals surface area contributed by atoms with Crippen molar-refractivity contribution in [1.82, 2.24) is 9.97 Å². The summed E-state index contributed by atoms with van der Waals surface area (Å²) in [6.45, 7) is 2.80. The first kappa shape index (κ1) is 13.6. The normalized spacial score (nSPS) is 10.2.